The van der Waals surface area contributed by atoms with E-state index in [1.165, 1.54) is 12.7 Å². The van der Waals surface area contributed by atoms with Crippen LogP contribution in [0.4, 0.5) is 0 Å². The molecule has 1 saturated heterocycles. The van der Waals surface area contributed by atoms with Crippen LogP contribution >= 0.6 is 11.3 Å². The van der Waals surface area contributed by atoms with Gasteiger partial charge in [0.15, 0.2) is 0 Å². The van der Waals surface area contributed by atoms with E-state index in [0.717, 1.165) is 42.6 Å². The van der Waals surface area contributed by atoms with Crippen molar-refractivity contribution in [3.63, 3.8) is 0 Å². The number of rotatable bonds is 4. The number of carbonyl (C=O) groups excluding carboxylic acids is 1. The molecular weight excluding hydrogens is 366 g/mol. The zero-order valence-electron chi connectivity index (χ0n) is 15.7. The highest BCUT2D eigenvalue weighted by Crippen LogP contribution is 2.43. The summed E-state index contributed by atoms with van der Waals surface area (Å²) in [6, 6.07) is 4.17. The lowest BCUT2D eigenvalue weighted by Crippen LogP contribution is -2.35. The fraction of sp³-hybridized carbons (Fsp3) is 0.474. The molecule has 0 radical (unpaired) electrons. The third-order valence-electron chi connectivity index (χ3n) is 4.83. The minimum atomic E-state index is -0.571. The molecule has 1 aromatic heterocycles. The standard InChI is InChI=1S/C19H23N3O4S/c1-11-16(19(23)24-3)17(14(9-20)18(21)26-11)15-8-13(12(2)27-15)10-22-4-6-25-7-5-22/h8,17H,4-7,10,21H2,1-3H3/t17-/m1/s1. The number of thiophene rings is 1. The van der Waals surface area contributed by atoms with Crippen LogP contribution in [0.25, 0.3) is 0 Å². The fourth-order valence-electron chi connectivity index (χ4n) is 3.39. The van der Waals surface area contributed by atoms with Crippen LogP contribution in [-0.2, 0) is 25.5 Å². The number of nitrogens with zero attached hydrogens (tertiary/aromatic N) is 2. The molecule has 2 aliphatic rings. The van der Waals surface area contributed by atoms with Crippen LogP contribution < -0.4 is 5.73 Å². The Morgan fingerprint density at radius 1 is 1.44 bits per heavy atom. The number of nitrogens with two attached hydrogens (primary N) is 1. The van der Waals surface area contributed by atoms with Crippen LogP contribution in [0.1, 0.15) is 28.2 Å². The predicted molar refractivity (Wildman–Crippen MR) is 101 cm³/mol. The molecule has 27 heavy (non-hydrogen) atoms. The second kappa shape index (κ2) is 8.13. The van der Waals surface area contributed by atoms with Crippen molar-refractivity contribution in [3.8, 4) is 6.07 Å². The molecular formula is C19H23N3O4S. The summed E-state index contributed by atoms with van der Waals surface area (Å²) in [5.41, 5.74) is 7.68. The van der Waals surface area contributed by atoms with Crippen molar-refractivity contribution < 1.29 is 19.0 Å². The Bertz CT molecular complexity index is 844. The fourth-order valence-corrected chi connectivity index (χ4v) is 4.55. The van der Waals surface area contributed by atoms with Gasteiger partial charge in [0.05, 0.1) is 31.8 Å². The van der Waals surface area contributed by atoms with Crippen LogP contribution in [0.15, 0.2) is 28.9 Å². The van der Waals surface area contributed by atoms with Crippen LogP contribution in [-0.4, -0.2) is 44.3 Å². The van der Waals surface area contributed by atoms with Gasteiger partial charge in [0.1, 0.15) is 17.4 Å². The topological polar surface area (TPSA) is 97.8 Å². The van der Waals surface area contributed by atoms with E-state index in [-0.39, 0.29) is 11.5 Å². The molecule has 0 saturated carbocycles. The second-order valence-electron chi connectivity index (χ2n) is 6.50. The number of hydrogen-bond donors (Lipinski definition) is 1. The lowest BCUT2D eigenvalue weighted by molar-refractivity contribution is -0.136. The Labute approximate surface area is 162 Å². The summed E-state index contributed by atoms with van der Waals surface area (Å²) in [6.45, 7) is 7.79. The number of allylic oxidation sites excluding steroid dienone is 2. The molecule has 0 amide bonds. The maximum atomic E-state index is 12.4. The average Bonchev–Trinajstić information content (AvgIpc) is 3.01. The molecule has 7 nitrogen and oxygen atoms in total. The predicted octanol–water partition coefficient (Wildman–Crippen LogP) is 2.14. The number of aryl methyl sites for hydroxylation is 1. The van der Waals surface area contributed by atoms with Gasteiger partial charge in [-0.2, -0.15) is 5.26 Å². The van der Waals surface area contributed by atoms with Crippen molar-refractivity contribution in [1.82, 2.24) is 4.90 Å². The van der Waals surface area contributed by atoms with E-state index in [2.05, 4.69) is 24.0 Å². The van der Waals surface area contributed by atoms with Gasteiger partial charge in [-0.25, -0.2) is 4.79 Å². The first-order chi connectivity index (χ1) is 13.0. The van der Waals surface area contributed by atoms with Crippen LogP contribution in [0, 0.1) is 18.3 Å². The zero-order valence-corrected chi connectivity index (χ0v) is 16.5. The highest BCUT2D eigenvalue weighted by atomic mass is 32.1. The van der Waals surface area contributed by atoms with Gasteiger partial charge in [-0.1, -0.05) is 0 Å². The first-order valence-corrected chi connectivity index (χ1v) is 9.53. The summed E-state index contributed by atoms with van der Waals surface area (Å²) in [6.07, 6.45) is 0. The number of nitriles is 1. The van der Waals surface area contributed by atoms with Crippen molar-refractivity contribution in [2.45, 2.75) is 26.3 Å². The smallest absolute Gasteiger partial charge is 0.338 e. The number of methoxy groups -OCH3 is 1. The number of hydrogen-bond acceptors (Lipinski definition) is 8. The Kier molecular flexibility index (Phi) is 5.85. The summed E-state index contributed by atoms with van der Waals surface area (Å²) in [5, 5.41) is 9.63. The highest BCUT2D eigenvalue weighted by molar-refractivity contribution is 7.12. The molecule has 3 rings (SSSR count). The van der Waals surface area contributed by atoms with Crippen molar-refractivity contribution in [2.24, 2.45) is 5.73 Å². The van der Waals surface area contributed by atoms with Gasteiger partial charge >= 0.3 is 5.97 Å². The maximum Gasteiger partial charge on any atom is 0.338 e. The third-order valence-corrected chi connectivity index (χ3v) is 5.99. The Balaban J connectivity index is 1.98. The molecule has 1 atom stereocenters. The van der Waals surface area contributed by atoms with Crippen LogP contribution in [0.5, 0.6) is 0 Å². The van der Waals surface area contributed by atoms with Crippen molar-refractivity contribution >= 4 is 17.3 Å². The molecule has 0 unspecified atom stereocenters. The Hall–Kier alpha value is -2.34. The number of carbonyl (C=O) groups is 1. The first-order valence-electron chi connectivity index (χ1n) is 8.72. The molecule has 1 aromatic rings. The van der Waals surface area contributed by atoms with Crippen molar-refractivity contribution in [3.05, 3.63) is 44.2 Å². The second-order valence-corrected chi connectivity index (χ2v) is 7.79. The summed E-state index contributed by atoms with van der Waals surface area (Å²) >= 11 is 1.57. The molecule has 2 N–H and O–H groups in total. The summed E-state index contributed by atoms with van der Waals surface area (Å²) in [7, 11) is 1.32. The molecule has 2 aliphatic heterocycles. The molecule has 0 aromatic carbocycles. The monoisotopic (exact) mass is 389 g/mol. The lowest BCUT2D eigenvalue weighted by atomic mass is 9.87. The van der Waals surface area contributed by atoms with Crippen LogP contribution in [0.3, 0.4) is 0 Å². The van der Waals surface area contributed by atoms with Gasteiger partial charge in [0.25, 0.3) is 0 Å². The molecule has 3 heterocycles. The summed E-state index contributed by atoms with van der Waals surface area (Å²) < 4.78 is 15.8. The van der Waals surface area contributed by atoms with E-state index in [9.17, 15) is 10.1 Å². The maximum absolute atomic E-state index is 12.4. The molecule has 144 valence electrons. The normalized spacial score (nSPS) is 21.0. The Morgan fingerprint density at radius 2 is 2.15 bits per heavy atom. The average molecular weight is 389 g/mol. The van der Waals surface area contributed by atoms with Gasteiger partial charge in [-0.15, -0.1) is 11.3 Å². The van der Waals surface area contributed by atoms with Gasteiger partial charge in [-0.05, 0) is 25.5 Å². The van der Waals surface area contributed by atoms with E-state index in [4.69, 9.17) is 19.9 Å². The highest BCUT2D eigenvalue weighted by Gasteiger charge is 2.37. The molecule has 0 spiro atoms. The van der Waals surface area contributed by atoms with E-state index in [1.54, 1.807) is 18.3 Å². The third kappa shape index (κ3) is 3.86. The van der Waals surface area contributed by atoms with Gasteiger partial charge in [0.2, 0.25) is 5.88 Å². The van der Waals surface area contributed by atoms with Gasteiger partial charge < -0.3 is 19.9 Å². The quantitative estimate of drug-likeness (QED) is 0.788. The van der Waals surface area contributed by atoms with E-state index < -0.39 is 11.9 Å². The van der Waals surface area contributed by atoms with E-state index in [0.29, 0.717) is 11.3 Å². The number of morpholine rings is 1. The largest absolute Gasteiger partial charge is 0.466 e. The lowest BCUT2D eigenvalue weighted by Gasteiger charge is -2.26. The van der Waals surface area contributed by atoms with Crippen LogP contribution in [0.2, 0.25) is 0 Å². The minimum absolute atomic E-state index is 0.0356. The van der Waals surface area contributed by atoms with Crippen molar-refractivity contribution in [2.75, 3.05) is 33.4 Å². The van der Waals surface area contributed by atoms with E-state index in [1.807, 2.05) is 0 Å². The minimum Gasteiger partial charge on any atom is -0.466 e. The van der Waals surface area contributed by atoms with Gasteiger partial charge in [-0.3, -0.25) is 4.90 Å². The summed E-state index contributed by atoms with van der Waals surface area (Å²) in [4.78, 5) is 16.8. The number of esters is 1. The molecule has 1 fully saturated rings. The Morgan fingerprint density at radius 3 is 2.78 bits per heavy atom. The first kappa shape index (κ1) is 19.4. The zero-order chi connectivity index (χ0) is 19.6. The van der Waals surface area contributed by atoms with Gasteiger partial charge in [0, 0.05) is 29.4 Å². The molecule has 0 aliphatic carbocycles. The van der Waals surface area contributed by atoms with Crippen molar-refractivity contribution in [1.29, 1.82) is 5.26 Å². The summed E-state index contributed by atoms with van der Waals surface area (Å²) in [5.74, 6) is -0.686. The molecule has 8 heteroatoms. The molecule has 0 bridgehead atoms. The van der Waals surface area contributed by atoms with E-state index >= 15 is 0 Å². The SMILES string of the molecule is COC(=O)C1=C(C)OC(N)=C(C#N)[C@@H]1c1cc(CN2CCOCC2)c(C)s1. The number of ether oxygens (including phenoxy) is 3.